The maximum absolute atomic E-state index is 13.5. The molecule has 88 valence electrons. The zero-order valence-corrected chi connectivity index (χ0v) is 9.22. The molecule has 17 heavy (non-hydrogen) atoms. The Balaban J connectivity index is 2.67. The van der Waals surface area contributed by atoms with Crippen LogP contribution in [0, 0.1) is 5.82 Å². The molecular weight excluding hydrogens is 223 g/mol. The van der Waals surface area contributed by atoms with Crippen LogP contribution < -0.4 is 0 Å². The van der Waals surface area contributed by atoms with E-state index in [4.69, 9.17) is 5.11 Å². The van der Waals surface area contributed by atoms with Crippen LogP contribution in [0.1, 0.15) is 23.1 Å². The van der Waals surface area contributed by atoms with Crippen LogP contribution in [0.15, 0.2) is 30.6 Å². The first kappa shape index (κ1) is 11.3. The molecule has 0 aliphatic carbocycles. The standard InChI is InChI=1S/C12H11FN2O2/c1-2-10-14-6-7-15(10)9-5-3-4-8(13)11(9)12(16)17/h3-7H,2H2,1H3,(H,16,17). The summed E-state index contributed by atoms with van der Waals surface area (Å²) >= 11 is 0. The number of hydrogen-bond acceptors (Lipinski definition) is 2. The van der Waals surface area contributed by atoms with Crippen molar-refractivity contribution in [1.82, 2.24) is 9.55 Å². The largest absolute Gasteiger partial charge is 0.478 e. The summed E-state index contributed by atoms with van der Waals surface area (Å²) in [4.78, 5) is 15.2. The lowest BCUT2D eigenvalue weighted by atomic mass is 10.1. The highest BCUT2D eigenvalue weighted by Gasteiger charge is 2.17. The van der Waals surface area contributed by atoms with E-state index in [1.165, 1.54) is 6.07 Å². The molecule has 0 fully saturated rings. The van der Waals surface area contributed by atoms with E-state index in [1.807, 2.05) is 6.92 Å². The van der Waals surface area contributed by atoms with Crippen molar-refractivity contribution < 1.29 is 14.3 Å². The molecular formula is C12H11FN2O2. The smallest absolute Gasteiger partial charge is 0.340 e. The predicted molar refractivity (Wildman–Crippen MR) is 59.9 cm³/mol. The van der Waals surface area contributed by atoms with E-state index in [2.05, 4.69) is 4.98 Å². The summed E-state index contributed by atoms with van der Waals surface area (Å²) in [7, 11) is 0. The number of rotatable bonds is 3. The van der Waals surface area contributed by atoms with Crippen LogP contribution in [-0.2, 0) is 6.42 Å². The minimum atomic E-state index is -1.28. The zero-order chi connectivity index (χ0) is 12.4. The SMILES string of the molecule is CCc1nccn1-c1cccc(F)c1C(=O)O. The minimum absolute atomic E-state index is 0.298. The third-order valence-electron chi connectivity index (χ3n) is 2.50. The molecule has 4 nitrogen and oxygen atoms in total. The average molecular weight is 234 g/mol. The van der Waals surface area contributed by atoms with Crippen LogP contribution >= 0.6 is 0 Å². The molecule has 1 heterocycles. The molecule has 0 atom stereocenters. The number of carboxylic acids is 1. The second-order valence-corrected chi connectivity index (χ2v) is 3.51. The van der Waals surface area contributed by atoms with E-state index < -0.39 is 11.8 Å². The average Bonchev–Trinajstić information content (AvgIpc) is 2.75. The number of halogens is 1. The van der Waals surface area contributed by atoms with Crippen LogP contribution in [0.3, 0.4) is 0 Å². The fourth-order valence-electron chi connectivity index (χ4n) is 1.74. The molecule has 0 bridgehead atoms. The lowest BCUT2D eigenvalue weighted by Crippen LogP contribution is -2.09. The molecule has 0 amide bonds. The van der Waals surface area contributed by atoms with Crippen molar-refractivity contribution >= 4 is 5.97 Å². The van der Waals surface area contributed by atoms with Crippen LogP contribution in [0.4, 0.5) is 4.39 Å². The number of benzene rings is 1. The number of imidazole rings is 1. The number of nitrogens with zero attached hydrogens (tertiary/aromatic N) is 2. The predicted octanol–water partition coefficient (Wildman–Crippen LogP) is 2.27. The van der Waals surface area contributed by atoms with E-state index in [1.54, 1.807) is 23.0 Å². The second kappa shape index (κ2) is 4.37. The van der Waals surface area contributed by atoms with Crippen molar-refractivity contribution in [3.05, 3.63) is 47.8 Å². The number of aromatic carboxylic acids is 1. The summed E-state index contributed by atoms with van der Waals surface area (Å²) in [5.41, 5.74) is -0.0351. The Kier molecular flexibility index (Phi) is 2.91. The van der Waals surface area contributed by atoms with Crippen molar-refractivity contribution in [3.63, 3.8) is 0 Å². The van der Waals surface area contributed by atoms with Crippen LogP contribution in [-0.4, -0.2) is 20.6 Å². The van der Waals surface area contributed by atoms with Gasteiger partial charge in [0.25, 0.3) is 0 Å². The van der Waals surface area contributed by atoms with Crippen LogP contribution in [0.5, 0.6) is 0 Å². The summed E-state index contributed by atoms with van der Waals surface area (Å²) in [6.45, 7) is 1.90. The third-order valence-corrected chi connectivity index (χ3v) is 2.50. The van der Waals surface area contributed by atoms with E-state index in [-0.39, 0.29) is 5.56 Å². The van der Waals surface area contributed by atoms with Gasteiger partial charge in [-0.3, -0.25) is 0 Å². The second-order valence-electron chi connectivity index (χ2n) is 3.51. The highest BCUT2D eigenvalue weighted by molar-refractivity contribution is 5.92. The number of hydrogen-bond donors (Lipinski definition) is 1. The van der Waals surface area contributed by atoms with Crippen molar-refractivity contribution in [3.8, 4) is 5.69 Å². The first-order valence-corrected chi connectivity index (χ1v) is 5.19. The first-order valence-electron chi connectivity index (χ1n) is 5.19. The third kappa shape index (κ3) is 1.91. The van der Waals surface area contributed by atoms with Crippen molar-refractivity contribution in [2.24, 2.45) is 0 Å². The number of aromatic nitrogens is 2. The van der Waals surface area contributed by atoms with E-state index in [9.17, 15) is 9.18 Å². The summed E-state index contributed by atoms with van der Waals surface area (Å²) < 4.78 is 15.1. The van der Waals surface area contributed by atoms with Gasteiger partial charge >= 0.3 is 5.97 Å². The van der Waals surface area contributed by atoms with Crippen molar-refractivity contribution in [2.75, 3.05) is 0 Å². The number of carbonyl (C=O) groups is 1. The van der Waals surface area contributed by atoms with E-state index in [0.717, 1.165) is 6.07 Å². The molecule has 1 aromatic heterocycles. The van der Waals surface area contributed by atoms with Crippen molar-refractivity contribution in [2.45, 2.75) is 13.3 Å². The van der Waals surface area contributed by atoms with Gasteiger partial charge in [-0.15, -0.1) is 0 Å². The minimum Gasteiger partial charge on any atom is -0.478 e. The molecule has 0 radical (unpaired) electrons. The summed E-state index contributed by atoms with van der Waals surface area (Å²) in [6, 6.07) is 4.18. The normalized spacial score (nSPS) is 10.5. The lowest BCUT2D eigenvalue weighted by Gasteiger charge is -2.10. The van der Waals surface area contributed by atoms with Gasteiger partial charge in [-0.1, -0.05) is 13.0 Å². The first-order chi connectivity index (χ1) is 8.15. The molecule has 0 aliphatic rings. The molecule has 1 N–H and O–H groups in total. The molecule has 0 unspecified atom stereocenters. The summed E-state index contributed by atoms with van der Waals surface area (Å²) in [5.74, 6) is -1.34. The maximum atomic E-state index is 13.5. The monoisotopic (exact) mass is 234 g/mol. The Bertz CT molecular complexity index is 563. The Hall–Kier alpha value is -2.17. The fraction of sp³-hybridized carbons (Fsp3) is 0.167. The number of carboxylic acid groups (broad SMARTS) is 1. The van der Waals surface area contributed by atoms with Gasteiger partial charge in [0.15, 0.2) is 0 Å². The zero-order valence-electron chi connectivity index (χ0n) is 9.22. The van der Waals surface area contributed by atoms with Crippen molar-refractivity contribution in [1.29, 1.82) is 0 Å². The highest BCUT2D eigenvalue weighted by atomic mass is 19.1. The Labute approximate surface area is 97.3 Å². The van der Waals surface area contributed by atoms with E-state index in [0.29, 0.717) is 17.9 Å². The maximum Gasteiger partial charge on any atom is 0.340 e. The molecule has 2 rings (SSSR count). The molecule has 1 aromatic carbocycles. The van der Waals surface area contributed by atoms with Gasteiger partial charge < -0.3 is 9.67 Å². The quantitative estimate of drug-likeness (QED) is 0.886. The Morgan fingerprint density at radius 2 is 2.29 bits per heavy atom. The van der Waals surface area contributed by atoms with Gasteiger partial charge in [0.1, 0.15) is 17.2 Å². The lowest BCUT2D eigenvalue weighted by molar-refractivity contribution is 0.0692. The molecule has 5 heteroatoms. The number of aryl methyl sites for hydroxylation is 1. The van der Waals surface area contributed by atoms with Gasteiger partial charge in [0.05, 0.1) is 5.69 Å². The summed E-state index contributed by atoms with van der Waals surface area (Å²) in [5, 5.41) is 9.04. The Morgan fingerprint density at radius 3 is 2.94 bits per heavy atom. The summed E-state index contributed by atoms with van der Waals surface area (Å²) in [6.07, 6.45) is 3.83. The van der Waals surface area contributed by atoms with Crippen LogP contribution in [0.2, 0.25) is 0 Å². The molecule has 0 saturated carbocycles. The topological polar surface area (TPSA) is 55.1 Å². The molecule has 0 spiro atoms. The van der Waals surface area contributed by atoms with Gasteiger partial charge in [-0.05, 0) is 12.1 Å². The van der Waals surface area contributed by atoms with Gasteiger partial charge in [-0.2, -0.15) is 0 Å². The van der Waals surface area contributed by atoms with Crippen LogP contribution in [0.25, 0.3) is 5.69 Å². The molecule has 0 aliphatic heterocycles. The fourth-order valence-corrected chi connectivity index (χ4v) is 1.74. The molecule has 2 aromatic rings. The molecule has 0 saturated heterocycles. The van der Waals surface area contributed by atoms with Gasteiger partial charge in [0, 0.05) is 18.8 Å². The van der Waals surface area contributed by atoms with Gasteiger partial charge in [-0.25, -0.2) is 14.2 Å². The van der Waals surface area contributed by atoms with Gasteiger partial charge in [0.2, 0.25) is 0 Å². The van der Waals surface area contributed by atoms with E-state index >= 15 is 0 Å². The Morgan fingerprint density at radius 1 is 1.53 bits per heavy atom. The highest BCUT2D eigenvalue weighted by Crippen LogP contribution is 2.19.